The van der Waals surface area contributed by atoms with Gasteiger partial charge in [0.2, 0.25) is 0 Å². The van der Waals surface area contributed by atoms with E-state index in [9.17, 15) is 14.7 Å². The van der Waals surface area contributed by atoms with Crippen molar-refractivity contribution >= 4 is 44.1 Å². The highest BCUT2D eigenvalue weighted by atomic mass is 32.1. The van der Waals surface area contributed by atoms with E-state index in [1.54, 1.807) is 36.4 Å². The molecule has 0 aliphatic carbocycles. The fourth-order valence-corrected chi connectivity index (χ4v) is 6.37. The number of amides is 1. The van der Waals surface area contributed by atoms with Gasteiger partial charge in [0.25, 0.3) is 5.78 Å². The maximum atomic E-state index is 13.7. The van der Waals surface area contributed by atoms with Gasteiger partial charge >= 0.3 is 5.91 Å². The Morgan fingerprint density at radius 3 is 2.63 bits per heavy atom. The SMILES string of the molecule is CCOc1ccc2nc(N3C(=O)C(=O)/C(=C(/O)c4ccc5c(c4)C[C@H](C)O5)[C@H]3c3ccc(OC)c(OC)c3)sc2c1. The number of thiazole rings is 1. The molecule has 0 radical (unpaired) electrons. The molecule has 210 valence electrons. The molecule has 0 bridgehead atoms. The number of aliphatic hydroxyl groups excluding tert-OH is 1. The van der Waals surface area contributed by atoms with E-state index in [0.29, 0.717) is 52.1 Å². The minimum absolute atomic E-state index is 0.0158. The molecule has 2 aliphatic rings. The zero-order valence-electron chi connectivity index (χ0n) is 23.0. The van der Waals surface area contributed by atoms with Gasteiger partial charge in [0, 0.05) is 12.0 Å². The van der Waals surface area contributed by atoms with E-state index in [2.05, 4.69) is 0 Å². The smallest absolute Gasteiger partial charge is 0.301 e. The highest BCUT2D eigenvalue weighted by Crippen LogP contribution is 2.46. The Hall–Kier alpha value is -4.57. The van der Waals surface area contributed by atoms with Crippen LogP contribution < -0.4 is 23.8 Å². The number of methoxy groups -OCH3 is 2. The van der Waals surface area contributed by atoms with Gasteiger partial charge in [-0.25, -0.2) is 4.98 Å². The number of Topliss-reactive ketones (excluding diaryl/α,β-unsaturated/α-hetero) is 1. The van der Waals surface area contributed by atoms with Crippen molar-refractivity contribution in [1.82, 2.24) is 4.98 Å². The molecule has 4 aromatic rings. The lowest BCUT2D eigenvalue weighted by atomic mass is 9.94. The fraction of sp³-hybridized carbons (Fsp3) is 0.258. The summed E-state index contributed by atoms with van der Waals surface area (Å²) >= 11 is 1.27. The summed E-state index contributed by atoms with van der Waals surface area (Å²) in [7, 11) is 3.04. The summed E-state index contributed by atoms with van der Waals surface area (Å²) < 4.78 is 23.2. The van der Waals surface area contributed by atoms with Crippen molar-refractivity contribution in [2.75, 3.05) is 25.7 Å². The molecule has 1 N–H and O–H groups in total. The van der Waals surface area contributed by atoms with Crippen LogP contribution in [0.2, 0.25) is 0 Å². The molecule has 1 fully saturated rings. The Labute approximate surface area is 240 Å². The number of nitrogens with zero attached hydrogens (tertiary/aromatic N) is 2. The molecule has 1 saturated heterocycles. The summed E-state index contributed by atoms with van der Waals surface area (Å²) in [4.78, 5) is 33.4. The fourth-order valence-electron chi connectivity index (χ4n) is 5.35. The van der Waals surface area contributed by atoms with Gasteiger partial charge in [-0.1, -0.05) is 17.4 Å². The summed E-state index contributed by atoms with van der Waals surface area (Å²) in [6, 6.07) is 14.9. The number of hydrogen-bond donors (Lipinski definition) is 1. The van der Waals surface area contributed by atoms with Gasteiger partial charge in [-0.15, -0.1) is 0 Å². The first-order valence-corrected chi connectivity index (χ1v) is 14.0. The Bertz CT molecular complexity index is 1730. The topological polar surface area (TPSA) is 107 Å². The first-order valence-electron chi connectivity index (χ1n) is 13.2. The zero-order chi connectivity index (χ0) is 28.8. The molecule has 1 aromatic heterocycles. The normalized spacial score (nSPS) is 19.4. The molecular formula is C31H28N2O7S. The molecule has 9 nitrogen and oxygen atoms in total. The quantitative estimate of drug-likeness (QED) is 0.172. The van der Waals surface area contributed by atoms with Gasteiger partial charge in [-0.2, -0.15) is 0 Å². The Balaban J connectivity index is 1.53. The molecule has 2 atom stereocenters. The van der Waals surface area contributed by atoms with Crippen LogP contribution >= 0.6 is 11.3 Å². The lowest BCUT2D eigenvalue weighted by Gasteiger charge is -2.23. The largest absolute Gasteiger partial charge is 0.507 e. The minimum atomic E-state index is -0.967. The number of carbonyl (C=O) groups excluding carboxylic acids is 2. The molecule has 2 aliphatic heterocycles. The van der Waals surface area contributed by atoms with E-state index in [1.165, 1.54) is 30.5 Å². The molecule has 3 aromatic carbocycles. The van der Waals surface area contributed by atoms with Crippen LogP contribution in [0.1, 0.15) is 36.6 Å². The second-order valence-corrected chi connectivity index (χ2v) is 10.8. The van der Waals surface area contributed by atoms with Gasteiger partial charge in [0.05, 0.1) is 42.7 Å². The lowest BCUT2D eigenvalue weighted by Crippen LogP contribution is -2.29. The van der Waals surface area contributed by atoms with Gasteiger partial charge < -0.3 is 24.1 Å². The predicted molar refractivity (Wildman–Crippen MR) is 155 cm³/mol. The van der Waals surface area contributed by atoms with Crippen LogP contribution in [-0.2, 0) is 16.0 Å². The average molecular weight is 573 g/mol. The second-order valence-electron chi connectivity index (χ2n) is 9.80. The number of fused-ring (bicyclic) bond motifs is 2. The van der Waals surface area contributed by atoms with Gasteiger partial charge in [-0.05, 0) is 73.5 Å². The maximum Gasteiger partial charge on any atom is 0.301 e. The van der Waals surface area contributed by atoms with Crippen molar-refractivity contribution in [3.8, 4) is 23.0 Å². The maximum absolute atomic E-state index is 13.7. The van der Waals surface area contributed by atoms with Gasteiger partial charge in [0.1, 0.15) is 23.4 Å². The highest BCUT2D eigenvalue weighted by Gasteiger charge is 2.48. The number of ketones is 1. The molecule has 41 heavy (non-hydrogen) atoms. The number of hydrogen-bond acceptors (Lipinski definition) is 9. The number of aliphatic hydroxyl groups is 1. The van der Waals surface area contributed by atoms with E-state index in [-0.39, 0.29) is 17.4 Å². The van der Waals surface area contributed by atoms with Crippen LogP contribution in [0.15, 0.2) is 60.2 Å². The first kappa shape index (κ1) is 26.6. The standard InChI is InChI=1S/C31H28N2O7S/c1-5-39-20-8-9-21-25(15-20)41-31(32-21)33-27(17-6-11-23(37-3)24(14-17)38-4)26(29(35)30(33)36)28(34)18-7-10-22-19(13-18)12-16(2)40-22/h6-11,13-16,27,34H,5,12H2,1-4H3/b28-26+/t16-,27+/m0/s1. The number of rotatable bonds is 7. The third kappa shape index (κ3) is 4.54. The van der Waals surface area contributed by atoms with Crippen molar-refractivity contribution in [2.24, 2.45) is 0 Å². The van der Waals surface area contributed by atoms with Crippen LogP contribution in [0.4, 0.5) is 5.13 Å². The first-order chi connectivity index (χ1) is 19.8. The van der Waals surface area contributed by atoms with Gasteiger partial charge in [-0.3, -0.25) is 14.5 Å². The molecule has 0 spiro atoms. The molecular weight excluding hydrogens is 544 g/mol. The predicted octanol–water partition coefficient (Wildman–Crippen LogP) is 5.66. The Morgan fingerprint density at radius 1 is 1.07 bits per heavy atom. The third-order valence-electron chi connectivity index (χ3n) is 7.20. The van der Waals surface area contributed by atoms with Crippen LogP contribution in [0.3, 0.4) is 0 Å². The Kier molecular flexibility index (Phi) is 6.78. The van der Waals surface area contributed by atoms with Crippen LogP contribution in [0.5, 0.6) is 23.0 Å². The molecule has 0 unspecified atom stereocenters. The van der Waals surface area contributed by atoms with Crippen molar-refractivity contribution < 1.29 is 33.6 Å². The van der Waals surface area contributed by atoms with Gasteiger partial charge in [0.15, 0.2) is 16.6 Å². The number of benzene rings is 3. The van der Waals surface area contributed by atoms with E-state index >= 15 is 0 Å². The Morgan fingerprint density at radius 2 is 1.88 bits per heavy atom. The van der Waals surface area contributed by atoms with Crippen molar-refractivity contribution in [2.45, 2.75) is 32.4 Å². The van der Waals surface area contributed by atoms with Crippen LogP contribution in [0.25, 0.3) is 16.0 Å². The molecule has 0 saturated carbocycles. The summed E-state index contributed by atoms with van der Waals surface area (Å²) in [6.07, 6.45) is 0.696. The number of anilines is 1. The summed E-state index contributed by atoms with van der Waals surface area (Å²) in [5, 5.41) is 11.9. The summed E-state index contributed by atoms with van der Waals surface area (Å²) in [5.74, 6) is 0.479. The summed E-state index contributed by atoms with van der Waals surface area (Å²) in [6.45, 7) is 4.38. The third-order valence-corrected chi connectivity index (χ3v) is 8.22. The van der Waals surface area contributed by atoms with Crippen molar-refractivity contribution in [3.63, 3.8) is 0 Å². The molecule has 3 heterocycles. The van der Waals surface area contributed by atoms with E-state index in [1.807, 2.05) is 32.0 Å². The number of aromatic nitrogens is 1. The van der Waals surface area contributed by atoms with Crippen LogP contribution in [0, 0.1) is 0 Å². The van der Waals surface area contributed by atoms with E-state index < -0.39 is 17.7 Å². The average Bonchev–Trinajstić information content (AvgIpc) is 3.64. The number of carbonyl (C=O) groups is 2. The summed E-state index contributed by atoms with van der Waals surface area (Å²) in [5.41, 5.74) is 2.53. The monoisotopic (exact) mass is 572 g/mol. The van der Waals surface area contributed by atoms with E-state index in [4.69, 9.17) is 23.9 Å². The molecule has 1 amide bonds. The van der Waals surface area contributed by atoms with Crippen molar-refractivity contribution in [3.05, 3.63) is 76.9 Å². The molecule has 6 rings (SSSR count). The highest BCUT2D eigenvalue weighted by molar-refractivity contribution is 7.22. The second kappa shape index (κ2) is 10.4. The number of ether oxygens (including phenoxy) is 4. The van der Waals surface area contributed by atoms with Crippen LogP contribution in [-0.4, -0.2) is 48.7 Å². The lowest BCUT2D eigenvalue weighted by molar-refractivity contribution is -0.132. The zero-order valence-corrected chi connectivity index (χ0v) is 23.8. The molecule has 10 heteroatoms. The van der Waals surface area contributed by atoms with E-state index in [0.717, 1.165) is 16.0 Å². The minimum Gasteiger partial charge on any atom is -0.507 e. The van der Waals surface area contributed by atoms with Crippen molar-refractivity contribution in [1.29, 1.82) is 0 Å².